The summed E-state index contributed by atoms with van der Waals surface area (Å²) in [5.41, 5.74) is 7.79. The van der Waals surface area contributed by atoms with E-state index in [1.165, 1.54) is 19.3 Å². The fraction of sp³-hybridized carbons (Fsp3) is 0.750. The molecular weight excluding hydrogens is 200 g/mol. The van der Waals surface area contributed by atoms with Crippen LogP contribution in [0, 0.1) is 12.8 Å². The van der Waals surface area contributed by atoms with Crippen molar-refractivity contribution in [2.75, 3.05) is 11.1 Å². The van der Waals surface area contributed by atoms with Gasteiger partial charge in [-0.3, -0.25) is 0 Å². The molecule has 4 nitrogen and oxygen atoms in total. The number of nitrogens with two attached hydrogens (primary N) is 1. The molecule has 90 valence electrons. The molecule has 1 heterocycles. The van der Waals surface area contributed by atoms with Crippen LogP contribution < -0.4 is 11.1 Å². The molecule has 2 unspecified atom stereocenters. The molecule has 1 aromatic rings. The van der Waals surface area contributed by atoms with Crippen LogP contribution >= 0.6 is 0 Å². The molecule has 1 fully saturated rings. The van der Waals surface area contributed by atoms with E-state index in [-0.39, 0.29) is 0 Å². The minimum atomic E-state index is 0.559. The van der Waals surface area contributed by atoms with E-state index in [0.717, 1.165) is 29.7 Å². The van der Waals surface area contributed by atoms with E-state index in [2.05, 4.69) is 24.3 Å². The maximum atomic E-state index is 6.06. The van der Waals surface area contributed by atoms with Crippen molar-refractivity contribution in [2.45, 2.75) is 52.6 Å². The Morgan fingerprint density at radius 3 is 2.81 bits per heavy atom. The smallest absolute Gasteiger partial charge is 0.148 e. The van der Waals surface area contributed by atoms with Crippen LogP contribution in [0.4, 0.5) is 11.5 Å². The van der Waals surface area contributed by atoms with E-state index in [9.17, 15) is 0 Å². The summed E-state index contributed by atoms with van der Waals surface area (Å²) in [6.07, 6.45) is 3.88. The number of aromatic nitrogens is 2. The number of nitrogens with zero attached hydrogens (tertiary/aromatic N) is 2. The summed E-state index contributed by atoms with van der Waals surface area (Å²) >= 11 is 0. The minimum Gasteiger partial charge on any atom is -0.394 e. The second-order valence-corrected chi connectivity index (χ2v) is 4.82. The zero-order chi connectivity index (χ0) is 11.7. The average molecular weight is 222 g/mol. The van der Waals surface area contributed by atoms with Crippen molar-refractivity contribution in [3.63, 3.8) is 0 Å². The third-order valence-corrected chi connectivity index (χ3v) is 3.66. The summed E-state index contributed by atoms with van der Waals surface area (Å²) in [5.74, 6) is 1.75. The van der Waals surface area contributed by atoms with Crippen molar-refractivity contribution >= 4 is 11.5 Å². The number of rotatable bonds is 3. The maximum absolute atomic E-state index is 6.06. The van der Waals surface area contributed by atoms with Gasteiger partial charge in [0, 0.05) is 12.6 Å². The Morgan fingerprint density at radius 2 is 2.25 bits per heavy atom. The summed E-state index contributed by atoms with van der Waals surface area (Å²) < 4.78 is 1.97. The Morgan fingerprint density at radius 1 is 1.50 bits per heavy atom. The first-order chi connectivity index (χ1) is 7.63. The number of aryl methyl sites for hydroxylation is 2. The second-order valence-electron chi connectivity index (χ2n) is 4.82. The van der Waals surface area contributed by atoms with Gasteiger partial charge in [0.2, 0.25) is 0 Å². The highest BCUT2D eigenvalue weighted by Gasteiger charge is 2.25. The highest BCUT2D eigenvalue weighted by molar-refractivity contribution is 5.65. The van der Waals surface area contributed by atoms with E-state index < -0.39 is 0 Å². The van der Waals surface area contributed by atoms with Crippen LogP contribution in [0.5, 0.6) is 0 Å². The predicted octanol–water partition coefficient (Wildman–Crippen LogP) is 2.39. The third-order valence-electron chi connectivity index (χ3n) is 3.66. The average Bonchev–Trinajstić information content (AvgIpc) is 2.78. The number of hydrogen-bond donors (Lipinski definition) is 2. The number of nitrogens with one attached hydrogen (secondary N) is 1. The highest BCUT2D eigenvalue weighted by atomic mass is 15.3. The zero-order valence-corrected chi connectivity index (χ0v) is 10.5. The van der Waals surface area contributed by atoms with Crippen LogP contribution in [-0.4, -0.2) is 15.8 Å². The van der Waals surface area contributed by atoms with Crippen LogP contribution in [0.1, 0.15) is 38.8 Å². The Balaban J connectivity index is 2.19. The Kier molecular flexibility index (Phi) is 3.08. The maximum Gasteiger partial charge on any atom is 0.148 e. The summed E-state index contributed by atoms with van der Waals surface area (Å²) in [5, 5.41) is 8.00. The standard InChI is InChI=1S/C12H22N4/c1-4-16-12(11(13)9(3)15-16)14-10-7-5-6-8(10)2/h8,10,14H,4-7,13H2,1-3H3. The van der Waals surface area contributed by atoms with Gasteiger partial charge in [-0.2, -0.15) is 5.10 Å². The summed E-state index contributed by atoms with van der Waals surface area (Å²) in [6.45, 7) is 7.22. The molecule has 1 aliphatic carbocycles. The van der Waals surface area contributed by atoms with Crippen molar-refractivity contribution in [3.8, 4) is 0 Å². The van der Waals surface area contributed by atoms with Gasteiger partial charge >= 0.3 is 0 Å². The SMILES string of the molecule is CCn1nc(C)c(N)c1NC1CCCC1C. The molecule has 0 aromatic carbocycles. The van der Waals surface area contributed by atoms with Gasteiger partial charge in [-0.05, 0) is 32.6 Å². The number of anilines is 2. The van der Waals surface area contributed by atoms with Crippen LogP contribution in [0.2, 0.25) is 0 Å². The van der Waals surface area contributed by atoms with Crippen LogP contribution in [-0.2, 0) is 6.54 Å². The van der Waals surface area contributed by atoms with E-state index >= 15 is 0 Å². The first-order valence-corrected chi connectivity index (χ1v) is 6.23. The van der Waals surface area contributed by atoms with Crippen molar-refractivity contribution < 1.29 is 0 Å². The normalized spacial score (nSPS) is 24.9. The molecule has 0 spiro atoms. The predicted molar refractivity (Wildman–Crippen MR) is 67.5 cm³/mol. The van der Waals surface area contributed by atoms with Gasteiger partial charge in [0.15, 0.2) is 0 Å². The van der Waals surface area contributed by atoms with Gasteiger partial charge in [-0.15, -0.1) is 0 Å². The lowest BCUT2D eigenvalue weighted by Gasteiger charge is -2.19. The monoisotopic (exact) mass is 222 g/mol. The molecule has 16 heavy (non-hydrogen) atoms. The van der Waals surface area contributed by atoms with Crippen molar-refractivity contribution in [1.82, 2.24) is 9.78 Å². The molecule has 0 amide bonds. The molecule has 1 saturated carbocycles. The third kappa shape index (κ3) is 1.88. The van der Waals surface area contributed by atoms with Crippen LogP contribution in [0.25, 0.3) is 0 Å². The molecule has 0 radical (unpaired) electrons. The van der Waals surface area contributed by atoms with E-state index in [1.807, 2.05) is 11.6 Å². The van der Waals surface area contributed by atoms with E-state index in [1.54, 1.807) is 0 Å². The minimum absolute atomic E-state index is 0.559. The first kappa shape index (κ1) is 11.3. The van der Waals surface area contributed by atoms with Crippen molar-refractivity contribution in [3.05, 3.63) is 5.69 Å². The van der Waals surface area contributed by atoms with Crippen LogP contribution in [0.3, 0.4) is 0 Å². The Hall–Kier alpha value is -1.19. The second kappa shape index (κ2) is 4.36. The quantitative estimate of drug-likeness (QED) is 0.825. The molecule has 3 N–H and O–H groups in total. The van der Waals surface area contributed by atoms with Crippen LogP contribution in [0.15, 0.2) is 0 Å². The van der Waals surface area contributed by atoms with E-state index in [4.69, 9.17) is 5.73 Å². The summed E-state index contributed by atoms with van der Waals surface area (Å²) in [6, 6.07) is 0.559. The number of hydrogen-bond acceptors (Lipinski definition) is 3. The lowest BCUT2D eigenvalue weighted by atomic mass is 10.1. The first-order valence-electron chi connectivity index (χ1n) is 6.23. The molecular formula is C12H22N4. The molecule has 4 heteroatoms. The summed E-state index contributed by atoms with van der Waals surface area (Å²) in [4.78, 5) is 0. The highest BCUT2D eigenvalue weighted by Crippen LogP contribution is 2.31. The zero-order valence-electron chi connectivity index (χ0n) is 10.5. The Labute approximate surface area is 97.2 Å². The topological polar surface area (TPSA) is 55.9 Å². The lowest BCUT2D eigenvalue weighted by molar-refractivity contribution is 0.546. The molecule has 2 atom stereocenters. The largest absolute Gasteiger partial charge is 0.394 e. The van der Waals surface area contributed by atoms with E-state index in [0.29, 0.717) is 6.04 Å². The van der Waals surface area contributed by atoms with Gasteiger partial charge in [0.05, 0.1) is 11.4 Å². The number of nitrogen functional groups attached to an aromatic ring is 1. The Bertz CT molecular complexity index is 369. The van der Waals surface area contributed by atoms with Gasteiger partial charge < -0.3 is 11.1 Å². The summed E-state index contributed by atoms with van der Waals surface area (Å²) in [7, 11) is 0. The molecule has 1 aliphatic rings. The molecule has 0 saturated heterocycles. The fourth-order valence-electron chi connectivity index (χ4n) is 2.51. The fourth-order valence-corrected chi connectivity index (χ4v) is 2.51. The van der Waals surface area contributed by atoms with Crippen molar-refractivity contribution in [1.29, 1.82) is 0 Å². The van der Waals surface area contributed by atoms with Gasteiger partial charge in [0.25, 0.3) is 0 Å². The van der Waals surface area contributed by atoms with Gasteiger partial charge in [-0.1, -0.05) is 13.3 Å². The van der Waals surface area contributed by atoms with Crippen molar-refractivity contribution in [2.24, 2.45) is 5.92 Å². The molecule has 0 bridgehead atoms. The molecule has 0 aliphatic heterocycles. The molecule has 1 aromatic heterocycles. The lowest BCUT2D eigenvalue weighted by Crippen LogP contribution is -2.24. The van der Waals surface area contributed by atoms with Gasteiger partial charge in [-0.25, -0.2) is 4.68 Å². The molecule has 2 rings (SSSR count). The van der Waals surface area contributed by atoms with Gasteiger partial charge in [0.1, 0.15) is 5.82 Å².